The maximum atomic E-state index is 12.5. The van der Waals surface area contributed by atoms with Crippen LogP contribution in [0.5, 0.6) is 11.5 Å². The van der Waals surface area contributed by atoms with Crippen molar-refractivity contribution < 1.29 is 14.8 Å². The van der Waals surface area contributed by atoms with Gasteiger partial charge in [0.25, 0.3) is 0 Å². The Bertz CT molecular complexity index is 468. The van der Waals surface area contributed by atoms with Crippen LogP contribution < -0.4 is 5.30 Å². The normalized spacial score (nSPS) is 22.1. The van der Waals surface area contributed by atoms with Crippen LogP contribution in [0.3, 0.4) is 0 Å². The molecule has 4 heteroatoms. The van der Waals surface area contributed by atoms with Gasteiger partial charge in [-0.1, -0.05) is 12.2 Å². The first kappa shape index (κ1) is 13.2. The van der Waals surface area contributed by atoms with Gasteiger partial charge in [0.2, 0.25) is 0 Å². The van der Waals surface area contributed by atoms with Crippen LogP contribution in [0, 0.1) is 0 Å². The van der Waals surface area contributed by atoms with E-state index in [-0.39, 0.29) is 17.2 Å². The summed E-state index contributed by atoms with van der Waals surface area (Å²) >= 11 is 0. The molecule has 2 rings (SSSR count). The Morgan fingerprint density at radius 2 is 1.89 bits per heavy atom. The fraction of sp³-hybridized carbons (Fsp3) is 0.429. The lowest BCUT2D eigenvalue weighted by Crippen LogP contribution is -2.11. The molecule has 0 amide bonds. The van der Waals surface area contributed by atoms with Crippen LogP contribution in [-0.2, 0) is 4.57 Å². The van der Waals surface area contributed by atoms with E-state index in [4.69, 9.17) is 0 Å². The standard InChI is InChI=1S/C14H19O3P/c15-11-8-9-13(16)14(10-11)18(17)12-6-4-2-1-3-5-7-12/h1-2,8-10,12,15-16,18H,3-7H2. The second-order valence-electron chi connectivity index (χ2n) is 4.74. The van der Waals surface area contributed by atoms with Gasteiger partial charge in [-0.3, -0.25) is 0 Å². The summed E-state index contributed by atoms with van der Waals surface area (Å²) in [4.78, 5) is 0. The molecule has 0 saturated carbocycles. The Morgan fingerprint density at radius 3 is 2.72 bits per heavy atom. The maximum absolute atomic E-state index is 12.5. The van der Waals surface area contributed by atoms with Crippen LogP contribution in [0.1, 0.15) is 32.1 Å². The third kappa shape index (κ3) is 3.17. The second-order valence-corrected chi connectivity index (χ2v) is 6.83. The molecule has 2 unspecified atom stereocenters. The van der Waals surface area contributed by atoms with E-state index in [9.17, 15) is 14.8 Å². The zero-order valence-electron chi connectivity index (χ0n) is 10.3. The lowest BCUT2D eigenvalue weighted by Gasteiger charge is -2.18. The highest BCUT2D eigenvalue weighted by Crippen LogP contribution is 2.38. The number of phenolic OH excluding ortho intramolecular Hbond substituents is 2. The highest BCUT2D eigenvalue weighted by Gasteiger charge is 2.21. The smallest absolute Gasteiger partial charge is 0.126 e. The Labute approximate surface area is 108 Å². The van der Waals surface area contributed by atoms with Crippen LogP contribution in [0.15, 0.2) is 30.4 Å². The maximum Gasteiger partial charge on any atom is 0.126 e. The molecule has 3 nitrogen and oxygen atoms in total. The Hall–Kier alpha value is -1.21. The lowest BCUT2D eigenvalue weighted by molar-refractivity contribution is 0.463. The first-order valence-electron chi connectivity index (χ1n) is 6.39. The summed E-state index contributed by atoms with van der Waals surface area (Å²) in [5, 5.41) is 19.6. The van der Waals surface area contributed by atoms with E-state index in [2.05, 4.69) is 12.2 Å². The molecule has 98 valence electrons. The molecule has 0 heterocycles. The zero-order valence-corrected chi connectivity index (χ0v) is 11.3. The van der Waals surface area contributed by atoms with Crippen molar-refractivity contribution in [2.75, 3.05) is 0 Å². The molecule has 1 aromatic carbocycles. The van der Waals surface area contributed by atoms with Crippen molar-refractivity contribution in [3.8, 4) is 11.5 Å². The van der Waals surface area contributed by atoms with Gasteiger partial charge in [-0.2, -0.15) is 0 Å². The van der Waals surface area contributed by atoms with Crippen LogP contribution in [0.2, 0.25) is 0 Å². The van der Waals surface area contributed by atoms with Gasteiger partial charge in [0, 0.05) is 5.66 Å². The number of rotatable bonds is 2. The van der Waals surface area contributed by atoms with Crippen LogP contribution in [0.25, 0.3) is 0 Å². The van der Waals surface area contributed by atoms with Crippen molar-refractivity contribution in [1.82, 2.24) is 0 Å². The number of hydrogen-bond acceptors (Lipinski definition) is 3. The van der Waals surface area contributed by atoms with Gasteiger partial charge in [0.1, 0.15) is 19.3 Å². The van der Waals surface area contributed by atoms with E-state index < -0.39 is 7.80 Å². The summed E-state index contributed by atoms with van der Waals surface area (Å²) in [5.41, 5.74) is 0.132. The molecular weight excluding hydrogens is 247 g/mol. The average Bonchev–Trinajstić information content (AvgIpc) is 2.31. The fourth-order valence-corrected chi connectivity index (χ4v) is 4.32. The number of benzene rings is 1. The van der Waals surface area contributed by atoms with Gasteiger partial charge in [-0.05, 0) is 50.3 Å². The Balaban J connectivity index is 2.19. The SMILES string of the molecule is O=[PH](c1cc(O)ccc1O)C1CCC=CCCC1. The van der Waals surface area contributed by atoms with Gasteiger partial charge < -0.3 is 14.8 Å². The predicted molar refractivity (Wildman–Crippen MR) is 74.4 cm³/mol. The van der Waals surface area contributed by atoms with E-state index in [0.29, 0.717) is 5.30 Å². The number of hydrogen-bond donors (Lipinski definition) is 2. The van der Waals surface area contributed by atoms with Crippen LogP contribution in [0.4, 0.5) is 0 Å². The van der Waals surface area contributed by atoms with E-state index in [0.717, 1.165) is 32.1 Å². The van der Waals surface area contributed by atoms with Gasteiger partial charge >= 0.3 is 0 Å². The summed E-state index contributed by atoms with van der Waals surface area (Å²) in [5.74, 6) is 0.0983. The number of aromatic hydroxyl groups is 2. The third-order valence-corrected chi connectivity index (χ3v) is 5.64. The minimum Gasteiger partial charge on any atom is -0.508 e. The summed E-state index contributed by atoms with van der Waals surface area (Å²) in [6, 6.07) is 4.26. The minimum absolute atomic E-state index is 0.0364. The quantitative estimate of drug-likeness (QED) is 0.491. The molecule has 1 aromatic rings. The molecule has 2 atom stereocenters. The van der Waals surface area contributed by atoms with Crippen molar-refractivity contribution in [3.63, 3.8) is 0 Å². The summed E-state index contributed by atoms with van der Waals surface area (Å²) in [6.45, 7) is 0. The molecule has 0 saturated heterocycles. The largest absolute Gasteiger partial charge is 0.508 e. The average molecular weight is 266 g/mol. The molecule has 0 aromatic heterocycles. The molecular formula is C14H19O3P. The van der Waals surface area contributed by atoms with Gasteiger partial charge in [-0.25, -0.2) is 0 Å². The Kier molecular flexibility index (Phi) is 4.48. The topological polar surface area (TPSA) is 57.5 Å². The predicted octanol–water partition coefficient (Wildman–Crippen LogP) is 3.17. The van der Waals surface area contributed by atoms with Crippen molar-refractivity contribution in [1.29, 1.82) is 0 Å². The van der Waals surface area contributed by atoms with Crippen LogP contribution in [-0.4, -0.2) is 15.9 Å². The molecule has 2 N–H and O–H groups in total. The molecule has 0 fully saturated rings. The lowest BCUT2D eigenvalue weighted by atomic mass is 10.1. The highest BCUT2D eigenvalue weighted by molar-refractivity contribution is 7.54. The highest BCUT2D eigenvalue weighted by atomic mass is 31.1. The molecule has 0 aliphatic heterocycles. The number of allylic oxidation sites excluding steroid dienone is 2. The summed E-state index contributed by atoms with van der Waals surface area (Å²) < 4.78 is 12.5. The Morgan fingerprint density at radius 1 is 1.11 bits per heavy atom. The van der Waals surface area contributed by atoms with E-state index in [1.165, 1.54) is 18.2 Å². The number of phenols is 2. The van der Waals surface area contributed by atoms with Crippen molar-refractivity contribution in [2.24, 2.45) is 0 Å². The molecule has 1 aliphatic rings. The van der Waals surface area contributed by atoms with E-state index >= 15 is 0 Å². The van der Waals surface area contributed by atoms with Gasteiger partial charge in [0.05, 0.1) is 5.30 Å². The van der Waals surface area contributed by atoms with Crippen molar-refractivity contribution >= 4 is 13.1 Å². The monoisotopic (exact) mass is 266 g/mol. The van der Waals surface area contributed by atoms with Crippen molar-refractivity contribution in [2.45, 2.75) is 37.8 Å². The summed E-state index contributed by atoms with van der Waals surface area (Å²) in [6.07, 6.45) is 9.17. The van der Waals surface area contributed by atoms with Crippen molar-refractivity contribution in [3.05, 3.63) is 30.4 Å². The third-order valence-electron chi connectivity index (χ3n) is 3.39. The molecule has 18 heavy (non-hydrogen) atoms. The minimum atomic E-state index is -2.05. The summed E-state index contributed by atoms with van der Waals surface area (Å²) in [7, 11) is -2.05. The molecule has 0 radical (unpaired) electrons. The van der Waals surface area contributed by atoms with E-state index in [1.807, 2.05) is 0 Å². The first-order valence-corrected chi connectivity index (χ1v) is 7.88. The van der Waals surface area contributed by atoms with Gasteiger partial charge in [0.15, 0.2) is 0 Å². The van der Waals surface area contributed by atoms with E-state index in [1.54, 1.807) is 0 Å². The molecule has 1 aliphatic carbocycles. The van der Waals surface area contributed by atoms with Gasteiger partial charge in [-0.15, -0.1) is 0 Å². The molecule has 0 bridgehead atoms. The second kappa shape index (κ2) is 6.10. The zero-order chi connectivity index (χ0) is 13.0. The molecule has 0 spiro atoms. The first-order chi connectivity index (χ1) is 8.68. The van der Waals surface area contributed by atoms with Crippen LogP contribution >= 0.6 is 7.80 Å². The fourth-order valence-electron chi connectivity index (χ4n) is 2.36.